The molecule has 1 aliphatic rings. The lowest BCUT2D eigenvalue weighted by molar-refractivity contribution is 0.525. The van der Waals surface area contributed by atoms with Crippen molar-refractivity contribution in [2.75, 3.05) is 0 Å². The zero-order chi connectivity index (χ0) is 16.9. The summed E-state index contributed by atoms with van der Waals surface area (Å²) < 4.78 is 1.94. The van der Waals surface area contributed by atoms with Crippen LogP contribution in [0, 0.1) is 0 Å². The monoisotopic (exact) mass is 340 g/mol. The number of benzene rings is 1. The van der Waals surface area contributed by atoms with E-state index in [-0.39, 0.29) is 0 Å². The van der Waals surface area contributed by atoms with Gasteiger partial charge in [-0.05, 0) is 31.0 Å². The van der Waals surface area contributed by atoms with E-state index in [1.165, 1.54) is 19.3 Å². The number of nitrogens with zero attached hydrogens (tertiary/aromatic N) is 4. The van der Waals surface area contributed by atoms with Gasteiger partial charge in [-0.1, -0.05) is 18.6 Å². The molecule has 1 fully saturated rings. The number of thiol groups is 1. The van der Waals surface area contributed by atoms with Gasteiger partial charge in [-0.3, -0.25) is 9.55 Å². The van der Waals surface area contributed by atoms with Crippen LogP contribution in [0.25, 0.3) is 16.9 Å². The van der Waals surface area contributed by atoms with Crippen molar-refractivity contribution in [2.24, 2.45) is 16.7 Å². The fourth-order valence-electron chi connectivity index (χ4n) is 2.35. The predicted molar refractivity (Wildman–Crippen MR) is 100 cm³/mol. The average Bonchev–Trinajstić information content (AvgIpc) is 3.04. The van der Waals surface area contributed by atoms with Gasteiger partial charge in [0.15, 0.2) is 5.65 Å². The van der Waals surface area contributed by atoms with E-state index in [4.69, 9.17) is 11.6 Å². The van der Waals surface area contributed by atoms with E-state index in [9.17, 15) is 0 Å². The first-order chi connectivity index (χ1) is 11.7. The number of nitrogens with two attached hydrogens (primary N) is 2. The van der Waals surface area contributed by atoms with E-state index in [0.717, 1.165) is 27.7 Å². The van der Waals surface area contributed by atoms with E-state index in [1.807, 2.05) is 41.1 Å². The lowest BCUT2D eigenvalue weighted by Crippen LogP contribution is -2.15. The van der Waals surface area contributed by atoms with Crippen molar-refractivity contribution in [3.05, 3.63) is 54.5 Å². The third-order valence-corrected chi connectivity index (χ3v) is 4.47. The second kappa shape index (κ2) is 7.35. The molecular formula is C17H20N6S. The van der Waals surface area contributed by atoms with Gasteiger partial charge in [0.1, 0.15) is 11.4 Å². The number of hydrogen-bond donors (Lipinski definition) is 3. The zero-order valence-corrected chi connectivity index (χ0v) is 14.1. The molecule has 0 radical (unpaired) electrons. The number of fused-ring (bicyclic) bond motifs is 1. The normalized spacial score (nSPS) is 14.8. The molecule has 6 nitrogen and oxygen atoms in total. The number of rotatable bonds is 2. The quantitative estimate of drug-likeness (QED) is 0.220. The van der Waals surface area contributed by atoms with Gasteiger partial charge in [-0.25, -0.2) is 4.98 Å². The highest BCUT2D eigenvalue weighted by atomic mass is 32.1. The Morgan fingerprint density at radius 2 is 1.96 bits per heavy atom. The van der Waals surface area contributed by atoms with Crippen LogP contribution < -0.4 is 11.6 Å². The molecule has 4 N–H and O–H groups in total. The molecule has 0 unspecified atom stereocenters. The highest BCUT2D eigenvalue weighted by molar-refractivity contribution is 7.81. The average molecular weight is 340 g/mol. The van der Waals surface area contributed by atoms with Crippen molar-refractivity contribution in [2.45, 2.75) is 24.5 Å². The molecule has 4 rings (SSSR count). The van der Waals surface area contributed by atoms with Crippen LogP contribution in [0.1, 0.15) is 24.8 Å². The molecule has 0 spiro atoms. The molecule has 0 atom stereocenters. The summed E-state index contributed by atoms with van der Waals surface area (Å²) in [6.07, 6.45) is 9.36. The third-order valence-electron chi connectivity index (χ3n) is 3.95. The number of aromatic nitrogens is 3. The molecule has 0 aliphatic heterocycles. The van der Waals surface area contributed by atoms with Crippen LogP contribution in [0.15, 0.2) is 54.0 Å². The molecule has 1 aromatic carbocycles. The van der Waals surface area contributed by atoms with Crippen LogP contribution in [0.3, 0.4) is 0 Å². The van der Waals surface area contributed by atoms with Crippen LogP contribution in [-0.2, 0) is 0 Å². The minimum atomic E-state index is 0.296. The maximum atomic E-state index is 5.72. The van der Waals surface area contributed by atoms with Crippen LogP contribution in [-0.4, -0.2) is 25.6 Å². The fraction of sp³-hybridized carbons (Fsp3) is 0.235. The minimum absolute atomic E-state index is 0.296. The van der Waals surface area contributed by atoms with Gasteiger partial charge in [0.05, 0.1) is 0 Å². The van der Waals surface area contributed by atoms with Crippen LogP contribution in [0.5, 0.6) is 0 Å². The zero-order valence-electron chi connectivity index (χ0n) is 13.2. The van der Waals surface area contributed by atoms with Gasteiger partial charge in [0, 0.05) is 35.1 Å². The van der Waals surface area contributed by atoms with E-state index < -0.39 is 0 Å². The van der Waals surface area contributed by atoms with Gasteiger partial charge < -0.3 is 11.6 Å². The second-order valence-corrected chi connectivity index (χ2v) is 6.33. The molecule has 0 saturated heterocycles. The Labute approximate surface area is 146 Å². The van der Waals surface area contributed by atoms with Crippen molar-refractivity contribution in [3.8, 4) is 5.69 Å². The Morgan fingerprint density at radius 1 is 1.21 bits per heavy atom. The first-order valence-corrected chi connectivity index (χ1v) is 8.31. The van der Waals surface area contributed by atoms with Crippen LogP contribution in [0.2, 0.25) is 0 Å². The number of hydrogen-bond acceptors (Lipinski definition) is 5. The van der Waals surface area contributed by atoms with Gasteiger partial charge in [0.25, 0.3) is 0 Å². The van der Waals surface area contributed by atoms with Gasteiger partial charge in [-0.2, -0.15) is 17.7 Å². The standard InChI is InChI=1S/C13H12N6.C4H8S/c14-12(18-15)9-2-1-3-10(8-9)19-7-4-11-13(19)17-6-5-16-11;5-4-2-1-3-4/h1-8H,15H2,(H2,14,18);4-5H,1-3H2. The van der Waals surface area contributed by atoms with Crippen molar-refractivity contribution >= 4 is 29.6 Å². The lowest BCUT2D eigenvalue weighted by atomic mass is 10.0. The molecule has 0 amide bonds. The van der Waals surface area contributed by atoms with Crippen LogP contribution in [0.4, 0.5) is 0 Å². The smallest absolute Gasteiger partial charge is 0.163 e. The summed E-state index contributed by atoms with van der Waals surface area (Å²) in [5, 5.41) is 4.26. The maximum absolute atomic E-state index is 5.72. The van der Waals surface area contributed by atoms with Crippen LogP contribution >= 0.6 is 12.6 Å². The number of hydrazone groups is 1. The second-order valence-electron chi connectivity index (χ2n) is 5.60. The molecule has 2 aromatic heterocycles. The molecule has 3 aromatic rings. The minimum Gasteiger partial charge on any atom is -0.382 e. The number of amidine groups is 1. The topological polar surface area (TPSA) is 95.1 Å². The van der Waals surface area contributed by atoms with Crippen molar-refractivity contribution in [3.63, 3.8) is 0 Å². The molecule has 124 valence electrons. The highest BCUT2D eigenvalue weighted by Crippen LogP contribution is 2.23. The summed E-state index contributed by atoms with van der Waals surface area (Å²) in [5.74, 6) is 5.49. The van der Waals surface area contributed by atoms with E-state index >= 15 is 0 Å². The predicted octanol–water partition coefficient (Wildman–Crippen LogP) is 2.47. The van der Waals surface area contributed by atoms with Gasteiger partial charge >= 0.3 is 0 Å². The summed E-state index contributed by atoms with van der Waals surface area (Å²) in [7, 11) is 0. The van der Waals surface area contributed by atoms with Gasteiger partial charge in [-0.15, -0.1) is 0 Å². The molecule has 1 saturated carbocycles. The Kier molecular flexibility index (Phi) is 5.00. The molecule has 2 heterocycles. The van der Waals surface area contributed by atoms with Crippen molar-refractivity contribution in [1.29, 1.82) is 0 Å². The molecule has 0 bridgehead atoms. The summed E-state index contributed by atoms with van der Waals surface area (Å²) in [4.78, 5) is 8.58. The Balaban J connectivity index is 0.000000290. The SMILES string of the molecule is N/N=C(\N)c1cccc(-n2ccc3nccnc32)c1.SC1CCC1. The summed E-state index contributed by atoms with van der Waals surface area (Å²) >= 11 is 4.18. The van der Waals surface area contributed by atoms with Crippen molar-refractivity contribution in [1.82, 2.24) is 14.5 Å². The Hall–Kier alpha value is -2.54. The van der Waals surface area contributed by atoms with Gasteiger partial charge in [0.2, 0.25) is 0 Å². The summed E-state index contributed by atoms with van der Waals surface area (Å²) in [6, 6.07) is 9.52. The van der Waals surface area contributed by atoms with E-state index in [1.54, 1.807) is 12.4 Å². The molecule has 24 heavy (non-hydrogen) atoms. The lowest BCUT2D eigenvalue weighted by Gasteiger charge is -2.17. The molecular weight excluding hydrogens is 320 g/mol. The summed E-state index contributed by atoms with van der Waals surface area (Å²) in [6.45, 7) is 0. The van der Waals surface area contributed by atoms with E-state index in [2.05, 4.69) is 27.7 Å². The molecule has 1 aliphatic carbocycles. The first-order valence-electron chi connectivity index (χ1n) is 7.79. The Bertz CT molecular complexity index is 853. The largest absolute Gasteiger partial charge is 0.382 e. The maximum Gasteiger partial charge on any atom is 0.163 e. The highest BCUT2D eigenvalue weighted by Gasteiger charge is 2.10. The Morgan fingerprint density at radius 3 is 2.62 bits per heavy atom. The summed E-state index contributed by atoms with van der Waals surface area (Å²) in [5.41, 5.74) is 9.05. The molecule has 7 heteroatoms. The fourth-order valence-corrected chi connectivity index (χ4v) is 2.71. The van der Waals surface area contributed by atoms with Crippen molar-refractivity contribution < 1.29 is 0 Å². The first kappa shape index (κ1) is 16.3. The third kappa shape index (κ3) is 3.51. The van der Waals surface area contributed by atoms with E-state index in [0.29, 0.717) is 5.84 Å².